The normalized spacial score (nSPS) is 30.8. The fourth-order valence-corrected chi connectivity index (χ4v) is 4.52. The number of aliphatic hydroxyl groups excluding tert-OH is 2. The Kier molecular flexibility index (Phi) is 6.09. The lowest BCUT2D eigenvalue weighted by Gasteiger charge is -2.17. The molecule has 3 aliphatic rings. The van der Waals surface area contributed by atoms with Gasteiger partial charge in [0.2, 0.25) is 0 Å². The summed E-state index contributed by atoms with van der Waals surface area (Å²) in [5, 5.41) is 27.2. The number of rotatable bonds is 6. The van der Waals surface area contributed by atoms with E-state index in [-0.39, 0.29) is 18.7 Å². The fourth-order valence-electron chi connectivity index (χ4n) is 4.52. The number of aliphatic hydroxyl groups is 2. The van der Waals surface area contributed by atoms with Crippen LogP contribution in [0.15, 0.2) is 12.7 Å². The number of hydrogen-bond donors (Lipinski definition) is 4. The number of imidazole rings is 1. The Labute approximate surface area is 184 Å². The first-order chi connectivity index (χ1) is 15.6. The lowest BCUT2D eigenvalue weighted by atomic mass is 10.1. The number of alkyl carbamates (subject to hydrolysis) is 1. The summed E-state index contributed by atoms with van der Waals surface area (Å²) in [6.45, 7) is 1.12. The second kappa shape index (κ2) is 9.14. The van der Waals surface area contributed by atoms with Gasteiger partial charge in [-0.3, -0.25) is 4.57 Å². The Morgan fingerprint density at radius 2 is 2.00 bits per heavy atom. The summed E-state index contributed by atoms with van der Waals surface area (Å²) in [6, 6.07) is 0.274. The van der Waals surface area contributed by atoms with Crippen LogP contribution < -0.4 is 10.6 Å². The molecule has 2 aromatic rings. The molecular weight excluding hydrogens is 420 g/mol. The predicted molar refractivity (Wildman–Crippen MR) is 111 cm³/mol. The zero-order valence-corrected chi connectivity index (χ0v) is 17.6. The smallest absolute Gasteiger partial charge is 0.407 e. The third-order valence-electron chi connectivity index (χ3n) is 6.30. The minimum absolute atomic E-state index is 0.130. The average Bonchev–Trinajstić information content (AvgIpc) is 3.58. The third kappa shape index (κ3) is 4.22. The Morgan fingerprint density at radius 3 is 2.78 bits per heavy atom. The number of hydrogen-bond acceptors (Lipinski definition) is 10. The molecule has 0 unspecified atom stereocenters. The maximum atomic E-state index is 12.0. The molecule has 4 heterocycles. The second-order valence-corrected chi connectivity index (χ2v) is 8.52. The highest BCUT2D eigenvalue weighted by Gasteiger charge is 2.45. The van der Waals surface area contributed by atoms with Crippen LogP contribution in [-0.2, 0) is 14.2 Å². The summed E-state index contributed by atoms with van der Waals surface area (Å²) in [5.41, 5.74) is 0.985. The molecule has 12 heteroatoms. The van der Waals surface area contributed by atoms with Crippen molar-refractivity contribution < 1.29 is 29.2 Å². The maximum Gasteiger partial charge on any atom is 0.407 e. The lowest BCUT2D eigenvalue weighted by molar-refractivity contribution is -0.0534. The quantitative estimate of drug-likeness (QED) is 0.486. The number of nitrogens with zero attached hydrogens (tertiary/aromatic N) is 4. The lowest BCUT2D eigenvalue weighted by Crippen LogP contribution is -2.38. The van der Waals surface area contributed by atoms with Gasteiger partial charge in [-0.25, -0.2) is 19.7 Å². The molecule has 3 fully saturated rings. The molecule has 0 spiro atoms. The van der Waals surface area contributed by atoms with Gasteiger partial charge in [-0.1, -0.05) is 12.8 Å². The molecule has 2 saturated heterocycles. The molecule has 12 nitrogen and oxygen atoms in total. The van der Waals surface area contributed by atoms with E-state index in [0.717, 1.165) is 32.1 Å². The van der Waals surface area contributed by atoms with E-state index in [1.165, 1.54) is 12.7 Å². The molecule has 1 amide bonds. The van der Waals surface area contributed by atoms with Gasteiger partial charge in [0, 0.05) is 12.6 Å². The predicted octanol–water partition coefficient (Wildman–Crippen LogP) is 0.315. The maximum absolute atomic E-state index is 12.0. The van der Waals surface area contributed by atoms with E-state index in [1.54, 1.807) is 4.57 Å². The first kappa shape index (κ1) is 21.3. The van der Waals surface area contributed by atoms with Crippen molar-refractivity contribution >= 4 is 23.1 Å². The van der Waals surface area contributed by atoms with Crippen LogP contribution in [-0.4, -0.2) is 86.0 Å². The van der Waals surface area contributed by atoms with Crippen LogP contribution in [0.3, 0.4) is 0 Å². The van der Waals surface area contributed by atoms with E-state index in [0.29, 0.717) is 30.2 Å². The van der Waals surface area contributed by atoms with Gasteiger partial charge in [0.15, 0.2) is 23.2 Å². The molecule has 0 aromatic carbocycles. The van der Waals surface area contributed by atoms with Crippen molar-refractivity contribution in [1.29, 1.82) is 0 Å². The van der Waals surface area contributed by atoms with Crippen molar-refractivity contribution in [3.8, 4) is 0 Å². The molecule has 5 rings (SSSR count). The van der Waals surface area contributed by atoms with Gasteiger partial charge in [-0.05, 0) is 19.3 Å². The number of ether oxygens (including phenoxy) is 3. The summed E-state index contributed by atoms with van der Waals surface area (Å²) in [4.78, 5) is 25.0. The Bertz CT molecular complexity index is 944. The van der Waals surface area contributed by atoms with Gasteiger partial charge in [0.25, 0.3) is 0 Å². The Morgan fingerprint density at radius 1 is 1.16 bits per heavy atom. The number of nitrogens with one attached hydrogen (secondary N) is 2. The van der Waals surface area contributed by atoms with Gasteiger partial charge in [-0.15, -0.1) is 0 Å². The summed E-state index contributed by atoms with van der Waals surface area (Å²) in [7, 11) is 0. The minimum atomic E-state index is -1.24. The van der Waals surface area contributed by atoms with Crippen molar-refractivity contribution in [3.05, 3.63) is 12.7 Å². The number of carbonyl (C=O) groups is 1. The molecule has 32 heavy (non-hydrogen) atoms. The highest BCUT2D eigenvalue weighted by atomic mass is 16.6. The van der Waals surface area contributed by atoms with E-state index in [2.05, 4.69) is 25.6 Å². The van der Waals surface area contributed by atoms with Gasteiger partial charge in [-0.2, -0.15) is 0 Å². The van der Waals surface area contributed by atoms with Crippen LogP contribution in [0.5, 0.6) is 0 Å². The standard InChI is InChI=1S/C20H28N6O6/c27-15-13(8-31-20(29)25-11-3-1-2-4-11)32-19(16(15)28)26-10-23-14-17(21-9-22-18(14)26)24-12-5-6-30-7-12/h9-13,15-16,19,27-28H,1-8H2,(H,25,29)(H,21,22,24)/t12-,13-,15-,16-,19-/m1/s1. The van der Waals surface area contributed by atoms with Crippen LogP contribution in [0, 0.1) is 0 Å². The van der Waals surface area contributed by atoms with Crippen molar-refractivity contribution in [2.24, 2.45) is 0 Å². The fraction of sp³-hybridized carbons (Fsp3) is 0.700. The van der Waals surface area contributed by atoms with E-state index < -0.39 is 30.6 Å². The van der Waals surface area contributed by atoms with Crippen LogP contribution in [0.1, 0.15) is 38.3 Å². The van der Waals surface area contributed by atoms with E-state index in [1.807, 2.05) is 0 Å². The van der Waals surface area contributed by atoms with E-state index in [9.17, 15) is 15.0 Å². The number of fused-ring (bicyclic) bond motifs is 1. The molecule has 2 aromatic heterocycles. The van der Waals surface area contributed by atoms with Crippen LogP contribution in [0.4, 0.5) is 10.6 Å². The Hall–Kier alpha value is -2.54. The van der Waals surface area contributed by atoms with Crippen molar-refractivity contribution in [3.63, 3.8) is 0 Å². The van der Waals surface area contributed by atoms with E-state index >= 15 is 0 Å². The second-order valence-electron chi connectivity index (χ2n) is 8.52. The molecule has 174 valence electrons. The molecule has 4 N–H and O–H groups in total. The van der Waals surface area contributed by atoms with Crippen molar-refractivity contribution in [1.82, 2.24) is 24.8 Å². The molecule has 0 bridgehead atoms. The molecule has 1 saturated carbocycles. The summed E-state index contributed by atoms with van der Waals surface area (Å²) >= 11 is 0. The number of carbonyl (C=O) groups excluding carboxylic acids is 1. The number of anilines is 1. The van der Waals surface area contributed by atoms with Crippen LogP contribution >= 0.6 is 0 Å². The molecule has 5 atom stereocenters. The SMILES string of the molecule is O=C(NC1CCCC1)OC[C@H]1O[C@@H](n2cnc3c(N[C@@H]4CCOC4)ncnc32)[C@H](O)[C@@H]1O. The van der Waals surface area contributed by atoms with Gasteiger partial charge < -0.3 is 35.1 Å². The number of aromatic nitrogens is 4. The van der Waals surface area contributed by atoms with Crippen LogP contribution in [0.2, 0.25) is 0 Å². The largest absolute Gasteiger partial charge is 0.447 e. The zero-order chi connectivity index (χ0) is 22.1. The summed E-state index contributed by atoms with van der Waals surface area (Å²) in [6.07, 6.45) is 3.02. The highest BCUT2D eigenvalue weighted by molar-refractivity contribution is 5.82. The van der Waals surface area contributed by atoms with Crippen molar-refractivity contribution in [2.75, 3.05) is 25.1 Å². The first-order valence-corrected chi connectivity index (χ1v) is 11.1. The summed E-state index contributed by atoms with van der Waals surface area (Å²) < 4.78 is 18.0. The van der Waals surface area contributed by atoms with Gasteiger partial charge in [0.1, 0.15) is 31.2 Å². The van der Waals surface area contributed by atoms with E-state index in [4.69, 9.17) is 14.2 Å². The molecule has 2 aliphatic heterocycles. The van der Waals surface area contributed by atoms with Gasteiger partial charge >= 0.3 is 6.09 Å². The molecule has 1 aliphatic carbocycles. The minimum Gasteiger partial charge on any atom is -0.447 e. The zero-order valence-electron chi connectivity index (χ0n) is 17.6. The molecule has 0 radical (unpaired) electrons. The first-order valence-electron chi connectivity index (χ1n) is 11.1. The highest BCUT2D eigenvalue weighted by Crippen LogP contribution is 2.32. The van der Waals surface area contributed by atoms with Crippen molar-refractivity contribution in [2.45, 2.75) is 68.7 Å². The monoisotopic (exact) mass is 448 g/mol. The van der Waals surface area contributed by atoms with Crippen LogP contribution in [0.25, 0.3) is 11.2 Å². The number of amides is 1. The summed E-state index contributed by atoms with van der Waals surface area (Å²) in [5.74, 6) is 0.570. The topological polar surface area (TPSA) is 153 Å². The van der Waals surface area contributed by atoms with Gasteiger partial charge in [0.05, 0.1) is 19.0 Å². The third-order valence-corrected chi connectivity index (χ3v) is 6.30. The molecular formula is C20H28N6O6. The Balaban J connectivity index is 1.25. The average molecular weight is 448 g/mol.